The molecule has 118 valence electrons. The molecule has 0 bridgehead atoms. The van der Waals surface area contributed by atoms with Gasteiger partial charge < -0.3 is 15.0 Å². The van der Waals surface area contributed by atoms with Gasteiger partial charge in [0.2, 0.25) is 0 Å². The monoisotopic (exact) mass is 300 g/mol. The second kappa shape index (κ2) is 7.64. The van der Waals surface area contributed by atoms with Crippen LogP contribution in [0.4, 0.5) is 17.3 Å². The van der Waals surface area contributed by atoms with Gasteiger partial charge in [-0.1, -0.05) is 19.4 Å². The van der Waals surface area contributed by atoms with Gasteiger partial charge >= 0.3 is 0 Å². The van der Waals surface area contributed by atoms with Crippen molar-refractivity contribution in [2.75, 3.05) is 30.9 Å². The van der Waals surface area contributed by atoms with Crippen LogP contribution in [-0.4, -0.2) is 30.7 Å². The number of benzene rings is 1. The molecular formula is C17H24N4O. The molecule has 0 amide bonds. The Morgan fingerprint density at radius 3 is 2.77 bits per heavy atom. The number of methoxy groups -OCH3 is 1. The first-order chi connectivity index (χ1) is 10.6. The minimum absolute atomic E-state index is 0.756. The van der Waals surface area contributed by atoms with E-state index in [4.69, 9.17) is 4.74 Å². The van der Waals surface area contributed by atoms with Gasteiger partial charge in [0.25, 0.3) is 0 Å². The summed E-state index contributed by atoms with van der Waals surface area (Å²) < 4.78 is 5.24. The molecule has 0 radical (unpaired) electrons. The molecule has 5 heteroatoms. The van der Waals surface area contributed by atoms with Crippen molar-refractivity contribution >= 4 is 17.3 Å². The number of aryl methyl sites for hydroxylation is 1. The zero-order valence-electron chi connectivity index (χ0n) is 13.8. The SMILES string of the molecule is CCCCN(C)c1cc(Nc2cccc(OC)c2)nc(C)n1. The van der Waals surface area contributed by atoms with Crippen LogP contribution >= 0.6 is 0 Å². The third-order valence-electron chi connectivity index (χ3n) is 3.40. The third-order valence-corrected chi connectivity index (χ3v) is 3.40. The van der Waals surface area contributed by atoms with Gasteiger partial charge in [-0.05, 0) is 25.5 Å². The van der Waals surface area contributed by atoms with Gasteiger partial charge in [0, 0.05) is 31.4 Å². The van der Waals surface area contributed by atoms with Crippen LogP contribution in [0.25, 0.3) is 0 Å². The van der Waals surface area contributed by atoms with E-state index in [0.29, 0.717) is 0 Å². The number of rotatable bonds is 7. The predicted molar refractivity (Wildman–Crippen MR) is 91.2 cm³/mol. The molecule has 1 aromatic carbocycles. The number of hydrogen-bond acceptors (Lipinski definition) is 5. The molecule has 0 aliphatic rings. The molecule has 5 nitrogen and oxygen atoms in total. The molecule has 0 unspecified atom stereocenters. The molecule has 0 saturated carbocycles. The van der Waals surface area contributed by atoms with Crippen molar-refractivity contribution in [1.29, 1.82) is 0 Å². The van der Waals surface area contributed by atoms with Crippen LogP contribution in [0.15, 0.2) is 30.3 Å². The van der Waals surface area contributed by atoms with Gasteiger partial charge in [-0.15, -0.1) is 0 Å². The molecule has 0 spiro atoms. The average Bonchev–Trinajstić information content (AvgIpc) is 2.52. The maximum Gasteiger partial charge on any atom is 0.136 e. The van der Waals surface area contributed by atoms with Gasteiger partial charge in [0.1, 0.15) is 23.2 Å². The van der Waals surface area contributed by atoms with Crippen LogP contribution < -0.4 is 15.0 Å². The van der Waals surface area contributed by atoms with E-state index in [1.807, 2.05) is 37.3 Å². The van der Waals surface area contributed by atoms with Gasteiger partial charge in [-0.2, -0.15) is 0 Å². The van der Waals surface area contributed by atoms with Crippen LogP contribution in [-0.2, 0) is 0 Å². The van der Waals surface area contributed by atoms with Crippen molar-refractivity contribution < 1.29 is 4.74 Å². The molecule has 1 heterocycles. The molecule has 1 aromatic heterocycles. The zero-order valence-corrected chi connectivity index (χ0v) is 13.8. The van der Waals surface area contributed by atoms with Gasteiger partial charge in [-0.3, -0.25) is 0 Å². The van der Waals surface area contributed by atoms with Crippen molar-refractivity contribution in [3.8, 4) is 5.75 Å². The summed E-state index contributed by atoms with van der Waals surface area (Å²) in [5, 5.41) is 3.31. The Kier molecular flexibility index (Phi) is 5.58. The van der Waals surface area contributed by atoms with Crippen LogP contribution in [0.2, 0.25) is 0 Å². The summed E-state index contributed by atoms with van der Waals surface area (Å²) in [7, 11) is 3.72. The topological polar surface area (TPSA) is 50.3 Å². The third kappa shape index (κ3) is 4.35. The summed E-state index contributed by atoms with van der Waals surface area (Å²) in [5.74, 6) is 3.30. The number of anilines is 3. The zero-order chi connectivity index (χ0) is 15.9. The highest BCUT2D eigenvalue weighted by Gasteiger charge is 2.07. The maximum absolute atomic E-state index is 5.24. The molecule has 0 saturated heterocycles. The highest BCUT2D eigenvalue weighted by atomic mass is 16.5. The Morgan fingerprint density at radius 1 is 1.23 bits per heavy atom. The minimum Gasteiger partial charge on any atom is -0.497 e. The van der Waals surface area contributed by atoms with E-state index in [9.17, 15) is 0 Å². The fraction of sp³-hybridized carbons (Fsp3) is 0.412. The maximum atomic E-state index is 5.24. The van der Waals surface area contributed by atoms with E-state index in [1.54, 1.807) is 7.11 Å². The quantitative estimate of drug-likeness (QED) is 0.843. The number of nitrogens with one attached hydrogen (secondary N) is 1. The number of aromatic nitrogens is 2. The largest absolute Gasteiger partial charge is 0.497 e. The standard InChI is InChI=1S/C17H24N4O/c1-5-6-10-21(3)17-12-16(18-13(2)19-17)20-14-8-7-9-15(11-14)22-4/h7-9,11-12H,5-6,10H2,1-4H3,(H,18,19,20). The molecule has 22 heavy (non-hydrogen) atoms. The van der Waals surface area contributed by atoms with E-state index < -0.39 is 0 Å². The van der Waals surface area contributed by atoms with Crippen LogP contribution in [0.3, 0.4) is 0 Å². The van der Waals surface area contributed by atoms with E-state index in [2.05, 4.69) is 34.2 Å². The van der Waals surface area contributed by atoms with Crippen molar-refractivity contribution in [3.63, 3.8) is 0 Å². The van der Waals surface area contributed by atoms with E-state index in [-0.39, 0.29) is 0 Å². The Hall–Kier alpha value is -2.30. The molecule has 2 aromatic rings. The Balaban J connectivity index is 2.18. The number of nitrogens with zero attached hydrogens (tertiary/aromatic N) is 3. The lowest BCUT2D eigenvalue weighted by Crippen LogP contribution is -2.20. The molecule has 0 fully saturated rings. The Bertz CT molecular complexity index is 615. The molecule has 0 aliphatic heterocycles. The summed E-state index contributed by atoms with van der Waals surface area (Å²) in [4.78, 5) is 11.1. The van der Waals surface area contributed by atoms with Crippen LogP contribution in [0.5, 0.6) is 5.75 Å². The molecule has 0 aliphatic carbocycles. The summed E-state index contributed by atoms with van der Waals surface area (Å²) in [6.45, 7) is 5.09. The van der Waals surface area contributed by atoms with Crippen LogP contribution in [0.1, 0.15) is 25.6 Å². The van der Waals surface area contributed by atoms with Crippen LogP contribution in [0, 0.1) is 6.92 Å². The van der Waals surface area contributed by atoms with E-state index in [0.717, 1.165) is 41.9 Å². The fourth-order valence-corrected chi connectivity index (χ4v) is 2.17. The summed E-state index contributed by atoms with van der Waals surface area (Å²) in [6.07, 6.45) is 2.32. The first-order valence-electron chi connectivity index (χ1n) is 7.60. The lowest BCUT2D eigenvalue weighted by Gasteiger charge is -2.19. The highest BCUT2D eigenvalue weighted by molar-refractivity contribution is 5.61. The minimum atomic E-state index is 0.756. The van der Waals surface area contributed by atoms with Gasteiger partial charge in [0.05, 0.1) is 7.11 Å². The van der Waals surface area contributed by atoms with Gasteiger partial charge in [-0.25, -0.2) is 9.97 Å². The Morgan fingerprint density at radius 2 is 2.05 bits per heavy atom. The molecule has 2 rings (SSSR count). The fourth-order valence-electron chi connectivity index (χ4n) is 2.17. The number of ether oxygens (including phenoxy) is 1. The first kappa shape index (κ1) is 16.1. The molecule has 1 N–H and O–H groups in total. The van der Waals surface area contributed by atoms with Gasteiger partial charge in [0.15, 0.2) is 0 Å². The summed E-state index contributed by atoms with van der Waals surface area (Å²) >= 11 is 0. The molecule has 0 atom stereocenters. The Labute approximate surface area is 132 Å². The summed E-state index contributed by atoms with van der Waals surface area (Å²) in [5.41, 5.74) is 0.944. The van der Waals surface area contributed by atoms with Crippen molar-refractivity contribution in [2.24, 2.45) is 0 Å². The second-order valence-electron chi connectivity index (χ2n) is 5.29. The van der Waals surface area contributed by atoms with Crippen molar-refractivity contribution in [1.82, 2.24) is 9.97 Å². The first-order valence-corrected chi connectivity index (χ1v) is 7.60. The number of hydrogen-bond donors (Lipinski definition) is 1. The predicted octanol–water partition coefficient (Wildman–Crippen LogP) is 3.77. The molecular weight excluding hydrogens is 276 g/mol. The van der Waals surface area contributed by atoms with E-state index in [1.165, 1.54) is 6.42 Å². The smallest absolute Gasteiger partial charge is 0.136 e. The summed E-state index contributed by atoms with van der Waals surface area (Å²) in [6, 6.07) is 9.77. The number of unbranched alkanes of at least 4 members (excludes halogenated alkanes) is 1. The van der Waals surface area contributed by atoms with Crippen molar-refractivity contribution in [3.05, 3.63) is 36.2 Å². The highest BCUT2D eigenvalue weighted by Crippen LogP contribution is 2.22. The van der Waals surface area contributed by atoms with E-state index >= 15 is 0 Å². The van der Waals surface area contributed by atoms with Crippen molar-refractivity contribution in [2.45, 2.75) is 26.7 Å². The lowest BCUT2D eigenvalue weighted by atomic mass is 10.3. The average molecular weight is 300 g/mol. The lowest BCUT2D eigenvalue weighted by molar-refractivity contribution is 0.415. The second-order valence-corrected chi connectivity index (χ2v) is 5.29. The normalized spacial score (nSPS) is 10.4.